The highest BCUT2D eigenvalue weighted by molar-refractivity contribution is 7.23. The fourth-order valence-corrected chi connectivity index (χ4v) is 18.4. The van der Waals surface area contributed by atoms with Crippen molar-refractivity contribution in [3.63, 3.8) is 0 Å². The van der Waals surface area contributed by atoms with Gasteiger partial charge < -0.3 is 48.0 Å². The van der Waals surface area contributed by atoms with Gasteiger partial charge in [0, 0.05) is 50.2 Å². The lowest BCUT2D eigenvalue weighted by Crippen LogP contribution is -2.34. The minimum atomic E-state index is -0.246. The normalized spacial score (nSPS) is 15.5. The molecule has 4 amide bonds. The fourth-order valence-electron chi connectivity index (χ4n) is 14.6. The minimum Gasteiger partial charge on any atom is -0.382 e. The van der Waals surface area contributed by atoms with Crippen LogP contribution in [0.15, 0.2) is 81.6 Å². The second-order valence-corrected chi connectivity index (χ2v) is 31.8. The molecule has 2 atom stereocenters. The number of hydrogen-bond donors (Lipinski definition) is 0. The van der Waals surface area contributed by atoms with E-state index >= 15 is 19.2 Å². The summed E-state index contributed by atoms with van der Waals surface area (Å²) in [6.07, 6.45) is 39.1. The van der Waals surface area contributed by atoms with Crippen molar-refractivity contribution in [2.75, 3.05) is 106 Å². The number of carbonyl (C=O) groups is 4. The molecule has 8 rings (SSSR count). The van der Waals surface area contributed by atoms with E-state index in [1.54, 1.807) is 58.0 Å². The summed E-state index contributed by atoms with van der Waals surface area (Å²) >= 11 is 6.30. The van der Waals surface area contributed by atoms with Crippen molar-refractivity contribution in [1.82, 2.24) is 19.6 Å². The molecule has 18 heteroatoms. The van der Waals surface area contributed by atoms with Crippen molar-refractivity contribution in [2.24, 2.45) is 11.8 Å². The Morgan fingerprint density at radius 1 is 0.310 bits per heavy atom. The van der Waals surface area contributed by atoms with E-state index in [1.807, 2.05) is 23.6 Å². The number of amides is 4. The molecular weight excluding hydrogens is 1330 g/mol. The highest BCUT2D eigenvalue weighted by Crippen LogP contribution is 2.53. The van der Waals surface area contributed by atoms with Crippen LogP contribution in [0.4, 0.5) is 0 Å². The summed E-state index contributed by atoms with van der Waals surface area (Å²) in [4.78, 5) is 75.8. The summed E-state index contributed by atoms with van der Waals surface area (Å²) in [6.45, 7) is 14.6. The maximum absolute atomic E-state index is 16.1. The van der Waals surface area contributed by atoms with Gasteiger partial charge in [0.05, 0.1) is 131 Å². The van der Waals surface area contributed by atoms with Crippen molar-refractivity contribution >= 4 is 91.8 Å². The first kappa shape index (κ1) is 81.1. The van der Waals surface area contributed by atoms with E-state index in [0.29, 0.717) is 106 Å². The van der Waals surface area contributed by atoms with Crippen molar-refractivity contribution in [1.29, 1.82) is 0 Å². The Morgan fingerprint density at radius 2 is 0.580 bits per heavy atom. The second kappa shape index (κ2) is 46.3. The smallest absolute Gasteiger partial charge is 0.261 e. The average molecular weight is 1450 g/mol. The predicted molar refractivity (Wildman–Crippen MR) is 415 cm³/mol. The molecule has 2 unspecified atom stereocenters. The van der Waals surface area contributed by atoms with Crippen LogP contribution in [0, 0.1) is 11.8 Å². The van der Waals surface area contributed by atoms with Crippen LogP contribution in [0.1, 0.15) is 253 Å². The lowest BCUT2D eigenvalue weighted by Gasteiger charge is -2.29. The number of methoxy groups -OCH3 is 2. The number of rotatable bonds is 59. The number of thiophene rings is 4. The standard InChI is InChI=1S/C82H122N4O10S4/c1-7-11-15-19-23-25-29-33-39-63(37-31-27-21-17-13-9-3)61-85-76(68-42-36-60-98-68)72-74(82(85)90)78(86(81(72)89)62-64(38-32-28-22-18-14-10-4)40-34-30-26-24-20-16-12-8-2)70-46-44-66(100-70)65-43-45-69(99-65)77-73-71(79(87)84(77)48-50-94-56-58-96-54-52-92-6)75(67-41-35-59-97-67)83(80(73)88)47-49-93-55-57-95-53-51-91-5/h35-36,41-46,59-60,63-64H,7-34,37-40,47-58,61-62H2,1-6H3. The number of nitrogens with zero attached hydrogens (tertiary/aromatic N) is 4. The van der Waals surface area contributed by atoms with Crippen LogP contribution < -0.4 is 0 Å². The molecule has 0 saturated heterocycles. The maximum atomic E-state index is 16.1. The second-order valence-electron chi connectivity index (χ2n) is 27.7. The molecule has 0 saturated carbocycles. The fraction of sp³-hybridized carbons (Fsp3) is 0.659. The van der Waals surface area contributed by atoms with Crippen LogP contribution in [-0.4, -0.2) is 150 Å². The van der Waals surface area contributed by atoms with Gasteiger partial charge in [-0.1, -0.05) is 220 Å². The summed E-state index contributed by atoms with van der Waals surface area (Å²) in [5, 5.41) is 4.06. The number of unbranched alkanes of at least 4 members (excludes halogenated alkanes) is 24. The quantitative estimate of drug-likeness (QED) is 0.0393. The molecule has 0 radical (unpaired) electrons. The third-order valence-electron chi connectivity index (χ3n) is 20.1. The Kier molecular flexibility index (Phi) is 37.5. The summed E-state index contributed by atoms with van der Waals surface area (Å²) in [5.41, 5.74) is 4.63. The third-order valence-corrected chi connectivity index (χ3v) is 24.2. The summed E-state index contributed by atoms with van der Waals surface area (Å²) < 4.78 is 33.8. The molecular formula is C82H122N4O10S4. The molecule has 0 N–H and O–H groups in total. The Bertz CT molecular complexity index is 3180. The molecule has 4 aromatic rings. The van der Waals surface area contributed by atoms with Gasteiger partial charge in [0.15, 0.2) is 0 Å². The van der Waals surface area contributed by atoms with Gasteiger partial charge in [0.1, 0.15) is 0 Å². The Balaban J connectivity index is 1.16. The third kappa shape index (κ3) is 23.7. The topological polar surface area (TPSA) is 137 Å². The van der Waals surface area contributed by atoms with Gasteiger partial charge in [-0.25, -0.2) is 0 Å². The molecule has 0 fully saturated rings. The van der Waals surface area contributed by atoms with Gasteiger partial charge in [-0.2, -0.15) is 0 Å². The molecule has 4 aromatic heterocycles. The van der Waals surface area contributed by atoms with Crippen LogP contribution in [0.3, 0.4) is 0 Å². The Morgan fingerprint density at radius 3 is 0.900 bits per heavy atom. The molecule has 8 heterocycles. The van der Waals surface area contributed by atoms with E-state index in [2.05, 4.69) is 73.2 Å². The first-order valence-electron chi connectivity index (χ1n) is 39.0. The molecule has 0 aliphatic carbocycles. The van der Waals surface area contributed by atoms with Crippen molar-refractivity contribution in [2.45, 2.75) is 233 Å². The predicted octanol–water partition coefficient (Wildman–Crippen LogP) is 20.4. The van der Waals surface area contributed by atoms with Crippen molar-refractivity contribution in [3.8, 4) is 9.75 Å². The zero-order valence-electron chi connectivity index (χ0n) is 62.0. The van der Waals surface area contributed by atoms with E-state index in [1.165, 1.54) is 165 Å². The van der Waals surface area contributed by atoms with Crippen LogP contribution in [0.2, 0.25) is 0 Å². The van der Waals surface area contributed by atoms with E-state index in [0.717, 1.165) is 92.0 Å². The Hall–Kier alpha value is -4.60. The van der Waals surface area contributed by atoms with E-state index in [4.69, 9.17) is 28.4 Å². The summed E-state index contributed by atoms with van der Waals surface area (Å²) in [7, 11) is 3.28. The minimum absolute atomic E-state index is 0.0429. The Labute approximate surface area is 617 Å². The molecule has 0 aromatic carbocycles. The lowest BCUT2D eigenvalue weighted by molar-refractivity contribution is -0.124. The zero-order chi connectivity index (χ0) is 70.5. The van der Waals surface area contributed by atoms with Gasteiger partial charge in [-0.05, 0) is 84.7 Å². The van der Waals surface area contributed by atoms with Crippen LogP contribution in [-0.2, 0) is 47.6 Å². The SMILES string of the molecule is CCCCCCCCCCC(CCCCCCCC)CN1C(=O)C2=C(c3ccc(-c4ccc(C5=C6C(=O)N(CCOCCOCCOC)C(c7cccs7)=C6C(=O)N5CCOCCOCCOC)s4)s3)N(CC(CCCCCCCC)CCCCCCCCCC)C(=O)C2=C1c1cccs1. The molecule has 554 valence electrons. The van der Waals surface area contributed by atoms with Crippen molar-refractivity contribution < 1.29 is 47.6 Å². The van der Waals surface area contributed by atoms with E-state index in [-0.39, 0.29) is 55.8 Å². The first-order valence-corrected chi connectivity index (χ1v) is 42.4. The number of hydrogen-bond acceptors (Lipinski definition) is 14. The number of ether oxygens (including phenoxy) is 6. The molecule has 0 spiro atoms. The molecule has 100 heavy (non-hydrogen) atoms. The van der Waals surface area contributed by atoms with E-state index < -0.39 is 0 Å². The maximum Gasteiger partial charge on any atom is 0.261 e. The number of fused-ring (bicyclic) bond motifs is 2. The highest BCUT2D eigenvalue weighted by Gasteiger charge is 2.51. The summed E-state index contributed by atoms with van der Waals surface area (Å²) in [6, 6.07) is 16.5. The molecule has 0 bridgehead atoms. The van der Waals surface area contributed by atoms with Crippen LogP contribution in [0.25, 0.3) is 32.5 Å². The lowest BCUT2D eigenvalue weighted by atomic mass is 9.93. The largest absolute Gasteiger partial charge is 0.382 e. The van der Waals surface area contributed by atoms with Gasteiger partial charge in [0.25, 0.3) is 23.6 Å². The van der Waals surface area contributed by atoms with Gasteiger partial charge in [-0.15, -0.1) is 45.3 Å². The molecule has 4 aliphatic rings. The molecule has 4 aliphatic heterocycles. The average Bonchev–Trinajstić information content (AvgIpc) is 1.56. The number of carbonyl (C=O) groups excluding carboxylic acids is 4. The van der Waals surface area contributed by atoms with Crippen LogP contribution >= 0.6 is 45.3 Å². The first-order chi connectivity index (χ1) is 49.2. The van der Waals surface area contributed by atoms with Gasteiger partial charge >= 0.3 is 0 Å². The van der Waals surface area contributed by atoms with Crippen molar-refractivity contribution in [3.05, 3.63) is 101 Å². The molecule has 14 nitrogen and oxygen atoms in total. The van der Waals surface area contributed by atoms with Gasteiger partial charge in [-0.3, -0.25) is 19.2 Å². The van der Waals surface area contributed by atoms with Crippen LogP contribution in [0.5, 0.6) is 0 Å². The van der Waals surface area contributed by atoms with E-state index in [9.17, 15) is 0 Å². The zero-order valence-corrected chi connectivity index (χ0v) is 65.2. The van der Waals surface area contributed by atoms with Gasteiger partial charge in [0.2, 0.25) is 0 Å². The summed E-state index contributed by atoms with van der Waals surface area (Å²) in [5.74, 6) is 0.0290. The highest BCUT2D eigenvalue weighted by atomic mass is 32.1. The monoisotopic (exact) mass is 1450 g/mol.